The highest BCUT2D eigenvalue weighted by Crippen LogP contribution is 2.29. The molecule has 4 heterocycles. The van der Waals surface area contributed by atoms with Crippen LogP contribution in [0.2, 0.25) is 0 Å². The Morgan fingerprint density at radius 3 is 2.87 bits per heavy atom. The molecule has 0 spiro atoms. The Balaban J connectivity index is 1.29. The van der Waals surface area contributed by atoms with Crippen molar-refractivity contribution in [3.8, 4) is 10.6 Å². The van der Waals surface area contributed by atoms with Gasteiger partial charge in [0.1, 0.15) is 6.54 Å². The first-order valence-corrected chi connectivity index (χ1v) is 11.5. The predicted molar refractivity (Wildman–Crippen MR) is 122 cm³/mol. The van der Waals surface area contributed by atoms with Gasteiger partial charge in [0, 0.05) is 50.2 Å². The molecule has 1 aliphatic rings. The maximum atomic E-state index is 12.6. The van der Waals surface area contributed by atoms with E-state index in [-0.39, 0.29) is 5.91 Å². The average molecular weight is 444 g/mol. The molecule has 0 unspecified atom stereocenters. The first kappa shape index (κ1) is 20.5. The second-order valence-corrected chi connectivity index (χ2v) is 9.31. The first-order chi connectivity index (χ1) is 14.5. The number of aromatic nitrogens is 3. The van der Waals surface area contributed by atoms with Crippen LogP contribution < -0.4 is 10.2 Å². The van der Waals surface area contributed by atoms with E-state index in [4.69, 9.17) is 0 Å². The highest BCUT2D eigenvalue weighted by atomic mass is 32.1. The number of hydrogen-bond donors (Lipinski definition) is 1. The third-order valence-electron chi connectivity index (χ3n) is 4.92. The van der Waals surface area contributed by atoms with Crippen LogP contribution in [0.15, 0.2) is 34.9 Å². The van der Waals surface area contributed by atoms with E-state index in [0.29, 0.717) is 13.1 Å². The highest BCUT2D eigenvalue weighted by Gasteiger charge is 2.27. The van der Waals surface area contributed by atoms with Crippen molar-refractivity contribution in [2.24, 2.45) is 12.0 Å². The maximum absolute atomic E-state index is 12.6. The fraction of sp³-hybridized carbons (Fsp3) is 0.400. The number of anilines is 1. The molecule has 0 bridgehead atoms. The van der Waals surface area contributed by atoms with Gasteiger partial charge in [0.25, 0.3) is 0 Å². The van der Waals surface area contributed by atoms with E-state index >= 15 is 0 Å². The van der Waals surface area contributed by atoms with Crippen LogP contribution >= 0.6 is 22.7 Å². The van der Waals surface area contributed by atoms with Crippen molar-refractivity contribution >= 4 is 40.2 Å². The molecule has 30 heavy (non-hydrogen) atoms. The van der Waals surface area contributed by atoms with E-state index in [1.165, 1.54) is 9.75 Å². The van der Waals surface area contributed by atoms with Crippen LogP contribution in [0.5, 0.6) is 0 Å². The molecule has 1 fully saturated rings. The molecule has 158 valence electrons. The zero-order valence-corrected chi connectivity index (χ0v) is 19.0. The van der Waals surface area contributed by atoms with Gasteiger partial charge in [-0.05, 0) is 25.5 Å². The van der Waals surface area contributed by atoms with Gasteiger partial charge < -0.3 is 15.1 Å². The fourth-order valence-corrected chi connectivity index (χ4v) is 5.09. The summed E-state index contributed by atoms with van der Waals surface area (Å²) in [6.07, 6.45) is 4.49. The van der Waals surface area contributed by atoms with Gasteiger partial charge in [-0.25, -0.2) is 4.98 Å². The van der Waals surface area contributed by atoms with Gasteiger partial charge in [0.2, 0.25) is 5.91 Å². The van der Waals surface area contributed by atoms with E-state index in [1.807, 2.05) is 25.1 Å². The topological polar surface area (TPSA) is 78.7 Å². The van der Waals surface area contributed by atoms with Crippen molar-refractivity contribution in [1.29, 1.82) is 0 Å². The number of guanidine groups is 1. The summed E-state index contributed by atoms with van der Waals surface area (Å²) < 4.78 is 1.71. The number of rotatable bonds is 5. The van der Waals surface area contributed by atoms with Crippen LogP contribution in [0.25, 0.3) is 10.6 Å². The zero-order chi connectivity index (χ0) is 21.1. The second-order valence-electron chi connectivity index (χ2n) is 7.08. The average Bonchev–Trinajstić information content (AvgIpc) is 3.46. The summed E-state index contributed by atoms with van der Waals surface area (Å²) in [6.45, 7) is 4.44. The lowest BCUT2D eigenvalue weighted by Crippen LogP contribution is -2.55. The number of carbonyl (C=O) groups excluding carboxylic acids is 1. The molecule has 1 aliphatic heterocycles. The summed E-state index contributed by atoms with van der Waals surface area (Å²) in [7, 11) is 3.61. The first-order valence-electron chi connectivity index (χ1n) is 9.79. The quantitative estimate of drug-likeness (QED) is 0.484. The van der Waals surface area contributed by atoms with Crippen molar-refractivity contribution in [3.63, 3.8) is 0 Å². The van der Waals surface area contributed by atoms with Crippen molar-refractivity contribution in [1.82, 2.24) is 25.0 Å². The van der Waals surface area contributed by atoms with E-state index in [1.54, 1.807) is 45.5 Å². The third kappa shape index (κ3) is 4.54. The second kappa shape index (κ2) is 8.97. The molecular formula is C20H25N7OS2. The molecule has 3 aromatic heterocycles. The van der Waals surface area contributed by atoms with E-state index in [0.717, 1.165) is 41.9 Å². The number of carbonyl (C=O) groups is 1. The molecule has 4 rings (SSSR count). The van der Waals surface area contributed by atoms with E-state index in [9.17, 15) is 4.79 Å². The molecular weight excluding hydrogens is 418 g/mol. The fourth-order valence-electron chi connectivity index (χ4n) is 3.43. The molecule has 8 nitrogen and oxygen atoms in total. The molecule has 1 saturated heterocycles. The summed E-state index contributed by atoms with van der Waals surface area (Å²) >= 11 is 3.45. The van der Waals surface area contributed by atoms with Crippen LogP contribution in [0.3, 0.4) is 0 Å². The van der Waals surface area contributed by atoms with Crippen molar-refractivity contribution in [2.75, 3.05) is 38.1 Å². The van der Waals surface area contributed by atoms with Crippen LogP contribution in [0.1, 0.15) is 9.88 Å². The molecule has 0 saturated carbocycles. The minimum Gasteiger partial charge on any atom is -0.356 e. The summed E-state index contributed by atoms with van der Waals surface area (Å²) in [5, 5.41) is 10.8. The van der Waals surface area contributed by atoms with Gasteiger partial charge >= 0.3 is 0 Å². The van der Waals surface area contributed by atoms with Crippen LogP contribution in [0.4, 0.5) is 5.69 Å². The minimum absolute atomic E-state index is 0.0543. The Bertz CT molecular complexity index is 1050. The van der Waals surface area contributed by atoms with Crippen LogP contribution in [0, 0.1) is 6.92 Å². The van der Waals surface area contributed by atoms with Gasteiger partial charge in [-0.1, -0.05) is 0 Å². The number of aliphatic imine (C=N–C) groups is 1. The van der Waals surface area contributed by atoms with Gasteiger partial charge in [0.05, 0.1) is 27.5 Å². The number of hydrogen-bond acceptors (Lipinski definition) is 6. The SMILES string of the molecule is CN=C(NCCc1ccc(-c2csc(C)n2)s1)N1CCN(c2cnn(C)c2)C(=O)C1. The lowest BCUT2D eigenvalue weighted by molar-refractivity contribution is -0.120. The predicted octanol–water partition coefficient (Wildman–Crippen LogP) is 2.38. The maximum Gasteiger partial charge on any atom is 0.246 e. The monoisotopic (exact) mass is 443 g/mol. The number of nitrogens with zero attached hydrogens (tertiary/aromatic N) is 6. The largest absolute Gasteiger partial charge is 0.356 e. The molecule has 3 aromatic rings. The standard InChI is InChI=1S/C20H25N7OS2/c1-14-24-17(13-29-14)18-5-4-16(30-18)6-7-22-20(21-2)26-8-9-27(19(28)12-26)15-10-23-25(3)11-15/h4-5,10-11,13H,6-9,12H2,1-3H3,(H,21,22). The Hall–Kier alpha value is -2.72. The number of thiazole rings is 1. The third-order valence-corrected chi connectivity index (χ3v) is 6.86. The number of nitrogens with one attached hydrogen (secondary N) is 1. The van der Waals surface area contributed by atoms with E-state index < -0.39 is 0 Å². The lowest BCUT2D eigenvalue weighted by atomic mass is 10.3. The summed E-state index contributed by atoms with van der Waals surface area (Å²) in [5.74, 6) is 0.819. The van der Waals surface area contributed by atoms with Gasteiger partial charge in [-0.15, -0.1) is 22.7 Å². The Labute approximate surface area is 183 Å². The van der Waals surface area contributed by atoms with Crippen LogP contribution in [-0.4, -0.2) is 64.8 Å². The van der Waals surface area contributed by atoms with Crippen molar-refractivity contribution in [2.45, 2.75) is 13.3 Å². The summed E-state index contributed by atoms with van der Waals surface area (Å²) in [6, 6.07) is 4.30. The number of thiophene rings is 1. The van der Waals surface area contributed by atoms with E-state index in [2.05, 4.69) is 37.9 Å². The number of piperazine rings is 1. The van der Waals surface area contributed by atoms with Crippen molar-refractivity contribution < 1.29 is 4.79 Å². The summed E-state index contributed by atoms with van der Waals surface area (Å²) in [4.78, 5) is 27.9. The Morgan fingerprint density at radius 2 is 2.20 bits per heavy atom. The van der Waals surface area contributed by atoms with Gasteiger partial charge in [0.15, 0.2) is 5.96 Å². The Morgan fingerprint density at radius 1 is 1.33 bits per heavy atom. The smallest absolute Gasteiger partial charge is 0.246 e. The zero-order valence-electron chi connectivity index (χ0n) is 17.3. The molecule has 0 aliphatic carbocycles. The van der Waals surface area contributed by atoms with Gasteiger partial charge in [-0.3, -0.25) is 14.5 Å². The normalized spacial score (nSPS) is 15.2. The molecule has 0 radical (unpaired) electrons. The molecule has 1 N–H and O–H groups in total. The minimum atomic E-state index is 0.0543. The molecule has 10 heteroatoms. The van der Waals surface area contributed by atoms with Crippen molar-refractivity contribution in [3.05, 3.63) is 39.8 Å². The number of amides is 1. The number of aryl methyl sites for hydroxylation is 2. The Kier molecular flexibility index (Phi) is 6.14. The highest BCUT2D eigenvalue weighted by molar-refractivity contribution is 7.16. The lowest BCUT2D eigenvalue weighted by Gasteiger charge is -2.35. The molecule has 1 amide bonds. The van der Waals surface area contributed by atoms with Gasteiger partial charge in [-0.2, -0.15) is 5.10 Å². The van der Waals surface area contributed by atoms with Crippen LogP contribution in [-0.2, 0) is 18.3 Å². The molecule has 0 atom stereocenters. The summed E-state index contributed by atoms with van der Waals surface area (Å²) in [5.41, 5.74) is 1.90. The molecule has 0 aromatic carbocycles.